The highest BCUT2D eigenvalue weighted by molar-refractivity contribution is 7.80. The van der Waals surface area contributed by atoms with Crippen LogP contribution in [0.1, 0.15) is 17.7 Å². The normalized spacial score (nSPS) is 10.7. The number of hydrazine groups is 1. The van der Waals surface area contributed by atoms with E-state index in [1.807, 2.05) is 48.3 Å². The zero-order chi connectivity index (χ0) is 18.4. The van der Waals surface area contributed by atoms with Gasteiger partial charge in [-0.1, -0.05) is 18.2 Å². The van der Waals surface area contributed by atoms with Gasteiger partial charge in [0, 0.05) is 36.9 Å². The van der Waals surface area contributed by atoms with Crippen molar-refractivity contribution in [3.63, 3.8) is 0 Å². The van der Waals surface area contributed by atoms with Crippen molar-refractivity contribution in [1.29, 1.82) is 0 Å². The zero-order valence-electron chi connectivity index (χ0n) is 14.6. The van der Waals surface area contributed by atoms with E-state index in [1.165, 1.54) is 0 Å². The molecule has 0 fully saturated rings. The topological polar surface area (TPSA) is 86.8 Å². The summed E-state index contributed by atoms with van der Waals surface area (Å²) >= 11 is 5.17. The number of fused-ring (bicyclic) bond motifs is 1. The molecule has 2 heterocycles. The van der Waals surface area contributed by atoms with Gasteiger partial charge >= 0.3 is 0 Å². The third-order valence-electron chi connectivity index (χ3n) is 3.99. The molecule has 26 heavy (non-hydrogen) atoms. The van der Waals surface area contributed by atoms with Gasteiger partial charge in [0.2, 0.25) is 5.91 Å². The molecular weight excluding hydrogens is 348 g/mol. The molecule has 4 N–H and O–H groups in total. The maximum Gasteiger partial charge on any atom is 0.242 e. The summed E-state index contributed by atoms with van der Waals surface area (Å²) in [5.74, 6) is -0.146. The summed E-state index contributed by atoms with van der Waals surface area (Å²) in [5, 5.41) is 4.52. The fourth-order valence-electron chi connectivity index (χ4n) is 2.73. The van der Waals surface area contributed by atoms with Gasteiger partial charge in [-0.3, -0.25) is 15.6 Å². The Morgan fingerprint density at radius 3 is 2.96 bits per heavy atom. The van der Waals surface area contributed by atoms with E-state index in [2.05, 4.69) is 26.1 Å². The van der Waals surface area contributed by atoms with Crippen LogP contribution in [0.4, 0.5) is 0 Å². The molecule has 0 aliphatic carbocycles. The van der Waals surface area contributed by atoms with E-state index in [0.717, 1.165) is 35.0 Å². The molecule has 3 rings (SSSR count). The number of nitrogens with zero attached hydrogens (tertiary/aromatic N) is 2. The Hall–Kier alpha value is -2.87. The van der Waals surface area contributed by atoms with Crippen LogP contribution in [0, 0.1) is 0 Å². The predicted octanol–water partition coefficient (Wildman–Crippen LogP) is 1.57. The smallest absolute Gasteiger partial charge is 0.242 e. The third-order valence-corrected chi connectivity index (χ3v) is 4.24. The number of benzene rings is 1. The van der Waals surface area contributed by atoms with Gasteiger partial charge in [-0.2, -0.15) is 0 Å². The van der Waals surface area contributed by atoms with Crippen LogP contribution in [-0.2, 0) is 24.7 Å². The van der Waals surface area contributed by atoms with Crippen molar-refractivity contribution in [3.05, 3.63) is 54.2 Å². The maximum atomic E-state index is 12.1. The summed E-state index contributed by atoms with van der Waals surface area (Å²) in [4.78, 5) is 19.5. The molecule has 0 saturated carbocycles. The van der Waals surface area contributed by atoms with Crippen LogP contribution in [0.3, 0.4) is 0 Å². The van der Waals surface area contributed by atoms with Crippen LogP contribution in [-0.4, -0.2) is 32.1 Å². The van der Waals surface area contributed by atoms with Crippen molar-refractivity contribution in [2.45, 2.75) is 19.3 Å². The average Bonchev–Trinajstić information content (AvgIpc) is 3.23. The van der Waals surface area contributed by atoms with Gasteiger partial charge in [-0.05, 0) is 36.7 Å². The fraction of sp³-hybridized carbons (Fsp3) is 0.278. The van der Waals surface area contributed by atoms with Crippen LogP contribution in [0.15, 0.2) is 43.0 Å². The van der Waals surface area contributed by atoms with Crippen molar-refractivity contribution >= 4 is 34.1 Å². The minimum atomic E-state index is -0.146. The van der Waals surface area contributed by atoms with Gasteiger partial charge < -0.3 is 14.9 Å². The molecule has 0 spiro atoms. The second-order valence-electron chi connectivity index (χ2n) is 6.10. The Kier molecular flexibility index (Phi) is 5.85. The summed E-state index contributed by atoms with van der Waals surface area (Å²) < 4.78 is 1.93. The number of aryl methyl sites for hydroxylation is 2. The summed E-state index contributed by atoms with van der Waals surface area (Å²) in [6.45, 7) is 0.709. The second-order valence-corrected chi connectivity index (χ2v) is 6.51. The first-order valence-electron chi connectivity index (χ1n) is 8.46. The Morgan fingerprint density at radius 1 is 1.31 bits per heavy atom. The van der Waals surface area contributed by atoms with E-state index in [-0.39, 0.29) is 12.3 Å². The Bertz CT molecular complexity index is 900. The summed E-state index contributed by atoms with van der Waals surface area (Å²) in [7, 11) is 1.95. The lowest BCUT2D eigenvalue weighted by atomic mass is 10.1. The minimum absolute atomic E-state index is 0.146. The Balaban J connectivity index is 1.35. The van der Waals surface area contributed by atoms with Crippen molar-refractivity contribution in [2.24, 2.45) is 7.05 Å². The van der Waals surface area contributed by atoms with E-state index < -0.39 is 0 Å². The van der Waals surface area contributed by atoms with Gasteiger partial charge in [0.1, 0.15) is 0 Å². The van der Waals surface area contributed by atoms with Gasteiger partial charge in [0.15, 0.2) is 5.11 Å². The molecule has 0 saturated heterocycles. The number of thiocarbonyl (C=S) groups is 1. The molecule has 0 unspecified atom stereocenters. The number of imidazole rings is 1. The molecule has 8 heteroatoms. The number of nitrogens with one attached hydrogen (secondary N) is 4. The molecule has 0 atom stereocenters. The van der Waals surface area contributed by atoms with Gasteiger partial charge in [-0.25, -0.2) is 4.98 Å². The van der Waals surface area contributed by atoms with E-state index >= 15 is 0 Å². The van der Waals surface area contributed by atoms with E-state index in [1.54, 1.807) is 6.33 Å². The van der Waals surface area contributed by atoms with E-state index in [4.69, 9.17) is 12.2 Å². The monoisotopic (exact) mass is 370 g/mol. The number of amides is 1. The van der Waals surface area contributed by atoms with Crippen LogP contribution >= 0.6 is 12.2 Å². The molecular formula is C18H22N6OS. The Labute approximate surface area is 157 Å². The predicted molar refractivity (Wildman–Crippen MR) is 105 cm³/mol. The van der Waals surface area contributed by atoms with Gasteiger partial charge in [0.05, 0.1) is 18.4 Å². The lowest BCUT2D eigenvalue weighted by Crippen LogP contribution is -2.47. The van der Waals surface area contributed by atoms with Crippen molar-refractivity contribution in [2.75, 3.05) is 6.54 Å². The second kappa shape index (κ2) is 8.48. The molecule has 7 nitrogen and oxygen atoms in total. The number of hydrogen-bond donors (Lipinski definition) is 4. The standard InChI is InChI=1S/C18H22N6OS/c1-24-11-14(21-12-24)5-4-8-19-18(26)23-22-17(25)9-13-10-20-16-7-3-2-6-15(13)16/h2-3,6-7,10-12,20H,4-5,8-9H2,1H3,(H,22,25)(H2,19,23,26). The maximum absolute atomic E-state index is 12.1. The number of carbonyl (C=O) groups is 1. The number of hydrogen-bond acceptors (Lipinski definition) is 3. The third kappa shape index (κ3) is 4.82. The minimum Gasteiger partial charge on any atom is -0.361 e. The quantitative estimate of drug-likeness (QED) is 0.301. The van der Waals surface area contributed by atoms with E-state index in [0.29, 0.717) is 11.7 Å². The lowest BCUT2D eigenvalue weighted by Gasteiger charge is -2.11. The first-order chi connectivity index (χ1) is 12.6. The van der Waals surface area contributed by atoms with Crippen LogP contribution in [0.5, 0.6) is 0 Å². The molecule has 1 aromatic carbocycles. The number of aromatic nitrogens is 3. The number of H-pyrrole nitrogens is 1. The van der Waals surface area contributed by atoms with Crippen LogP contribution in [0.25, 0.3) is 10.9 Å². The molecule has 0 radical (unpaired) electrons. The number of para-hydroxylation sites is 1. The van der Waals surface area contributed by atoms with Gasteiger partial charge in [0.25, 0.3) is 0 Å². The number of rotatable bonds is 6. The fourth-order valence-corrected chi connectivity index (χ4v) is 2.89. The number of carbonyl (C=O) groups excluding carboxylic acids is 1. The highest BCUT2D eigenvalue weighted by Crippen LogP contribution is 2.17. The largest absolute Gasteiger partial charge is 0.361 e. The molecule has 0 aliphatic heterocycles. The highest BCUT2D eigenvalue weighted by atomic mass is 32.1. The SMILES string of the molecule is Cn1cnc(CCCNC(=S)NNC(=O)Cc2c[nH]c3ccccc23)c1. The number of aromatic amines is 1. The van der Waals surface area contributed by atoms with E-state index in [9.17, 15) is 4.79 Å². The van der Waals surface area contributed by atoms with Crippen LogP contribution < -0.4 is 16.2 Å². The average molecular weight is 370 g/mol. The molecule has 136 valence electrons. The molecule has 1 amide bonds. The summed E-state index contributed by atoms with van der Waals surface area (Å²) in [6.07, 6.45) is 7.71. The molecule has 0 aliphatic rings. The summed E-state index contributed by atoms with van der Waals surface area (Å²) in [5.41, 5.74) is 8.39. The lowest BCUT2D eigenvalue weighted by molar-refractivity contribution is -0.120. The first-order valence-corrected chi connectivity index (χ1v) is 8.87. The Morgan fingerprint density at radius 2 is 2.15 bits per heavy atom. The van der Waals surface area contributed by atoms with Crippen molar-refractivity contribution in [3.8, 4) is 0 Å². The van der Waals surface area contributed by atoms with Crippen molar-refractivity contribution < 1.29 is 4.79 Å². The van der Waals surface area contributed by atoms with Crippen molar-refractivity contribution in [1.82, 2.24) is 30.7 Å². The molecule has 3 aromatic rings. The zero-order valence-corrected chi connectivity index (χ0v) is 15.4. The first kappa shape index (κ1) is 17.9. The molecule has 2 aromatic heterocycles. The van der Waals surface area contributed by atoms with Gasteiger partial charge in [-0.15, -0.1) is 0 Å². The van der Waals surface area contributed by atoms with Crippen LogP contribution in [0.2, 0.25) is 0 Å². The highest BCUT2D eigenvalue weighted by Gasteiger charge is 2.08. The molecule has 0 bridgehead atoms. The summed E-state index contributed by atoms with van der Waals surface area (Å²) in [6, 6.07) is 7.90.